The van der Waals surface area contributed by atoms with Crippen molar-refractivity contribution in [2.45, 2.75) is 32.1 Å². The van der Waals surface area contributed by atoms with E-state index in [1.165, 1.54) is 32.1 Å². The largest absolute Gasteiger partial charge is 0.306 e. The van der Waals surface area contributed by atoms with Crippen molar-refractivity contribution in [1.82, 2.24) is 0 Å². The fourth-order valence-electron chi connectivity index (χ4n) is 2.78. The van der Waals surface area contributed by atoms with Gasteiger partial charge in [0.1, 0.15) is 0 Å². The second kappa shape index (κ2) is 2.56. The normalized spacial score (nSPS) is 44.6. The summed E-state index contributed by atoms with van der Waals surface area (Å²) < 4.78 is 19.4. The van der Waals surface area contributed by atoms with E-state index in [9.17, 15) is 4.21 Å². The van der Waals surface area contributed by atoms with Gasteiger partial charge >= 0.3 is 0 Å². The third kappa shape index (κ3) is 1.36. The van der Waals surface area contributed by atoms with E-state index in [0.717, 1.165) is 5.92 Å². The molecule has 2 nitrogen and oxygen atoms in total. The van der Waals surface area contributed by atoms with Gasteiger partial charge in [-0.25, -0.2) is 4.21 Å². The standard InChI is InChI=1S/C8H14O2S/c9-11(10)6-8-3-1-7(5-8)2-4-8/h7H,1-6H2,(H,9,10). The predicted octanol–water partition coefficient (Wildman–Crippen LogP) is 1.79. The molecule has 0 spiro atoms. The van der Waals surface area contributed by atoms with Crippen LogP contribution in [-0.4, -0.2) is 14.5 Å². The average Bonchev–Trinajstić information content (AvgIpc) is 2.43. The van der Waals surface area contributed by atoms with Crippen molar-refractivity contribution in [3.63, 3.8) is 0 Å². The van der Waals surface area contributed by atoms with Gasteiger partial charge in [0.2, 0.25) is 0 Å². The van der Waals surface area contributed by atoms with E-state index in [2.05, 4.69) is 0 Å². The van der Waals surface area contributed by atoms with Gasteiger partial charge in [0.15, 0.2) is 11.1 Å². The maximum absolute atomic E-state index is 10.6. The Balaban J connectivity index is 2.05. The number of rotatable bonds is 2. The van der Waals surface area contributed by atoms with Crippen LogP contribution in [0, 0.1) is 11.3 Å². The van der Waals surface area contributed by atoms with E-state index >= 15 is 0 Å². The lowest BCUT2D eigenvalue weighted by atomic mass is 9.87. The maximum Gasteiger partial charge on any atom is 0.153 e. The van der Waals surface area contributed by atoms with Crippen LogP contribution in [0.3, 0.4) is 0 Å². The van der Waals surface area contributed by atoms with Gasteiger partial charge in [-0.1, -0.05) is 0 Å². The molecule has 0 aromatic carbocycles. The molecule has 1 N–H and O–H groups in total. The van der Waals surface area contributed by atoms with Crippen molar-refractivity contribution in [2.24, 2.45) is 11.3 Å². The minimum atomic E-state index is -1.57. The van der Waals surface area contributed by atoms with E-state index in [1.807, 2.05) is 0 Å². The van der Waals surface area contributed by atoms with Crippen LogP contribution in [0.25, 0.3) is 0 Å². The molecule has 11 heavy (non-hydrogen) atoms. The monoisotopic (exact) mass is 174 g/mol. The van der Waals surface area contributed by atoms with E-state index in [0.29, 0.717) is 5.75 Å². The summed E-state index contributed by atoms with van der Waals surface area (Å²) >= 11 is -1.57. The van der Waals surface area contributed by atoms with Crippen molar-refractivity contribution in [3.8, 4) is 0 Å². The fourth-order valence-corrected chi connectivity index (χ4v) is 3.71. The van der Waals surface area contributed by atoms with Gasteiger partial charge in [-0.15, -0.1) is 0 Å². The van der Waals surface area contributed by atoms with Crippen LogP contribution >= 0.6 is 0 Å². The second-order valence-electron chi connectivity index (χ2n) is 4.11. The molecule has 0 aromatic rings. The van der Waals surface area contributed by atoms with E-state index < -0.39 is 11.1 Å². The highest BCUT2D eigenvalue weighted by molar-refractivity contribution is 7.79. The third-order valence-electron chi connectivity index (χ3n) is 3.32. The molecule has 1 atom stereocenters. The molecular weight excluding hydrogens is 160 g/mol. The van der Waals surface area contributed by atoms with Crippen molar-refractivity contribution in [3.05, 3.63) is 0 Å². The molecule has 0 heterocycles. The highest BCUT2D eigenvalue weighted by Crippen LogP contribution is 2.54. The zero-order valence-electron chi connectivity index (χ0n) is 6.58. The Morgan fingerprint density at radius 3 is 2.45 bits per heavy atom. The summed E-state index contributed by atoms with van der Waals surface area (Å²) in [7, 11) is 0. The SMILES string of the molecule is O=S(O)CC12CCC(CC1)C2. The molecule has 2 saturated carbocycles. The summed E-state index contributed by atoms with van der Waals surface area (Å²) in [5.74, 6) is 1.42. The topological polar surface area (TPSA) is 37.3 Å². The molecule has 0 radical (unpaired) electrons. The van der Waals surface area contributed by atoms with Crippen LogP contribution in [0.2, 0.25) is 0 Å². The molecular formula is C8H14O2S. The smallest absolute Gasteiger partial charge is 0.153 e. The van der Waals surface area contributed by atoms with Crippen LogP contribution in [-0.2, 0) is 11.1 Å². The van der Waals surface area contributed by atoms with Crippen molar-refractivity contribution >= 4 is 11.1 Å². The summed E-state index contributed by atoms with van der Waals surface area (Å²) in [5, 5.41) is 0. The highest BCUT2D eigenvalue weighted by Gasteiger charge is 2.45. The molecule has 2 aliphatic rings. The summed E-state index contributed by atoms with van der Waals surface area (Å²) in [5.41, 5.74) is 0.282. The molecule has 2 rings (SSSR count). The first-order valence-electron chi connectivity index (χ1n) is 4.28. The first kappa shape index (κ1) is 7.74. The molecule has 0 aromatic heterocycles. The Labute approximate surface area is 69.7 Å². The number of fused-ring (bicyclic) bond motifs is 2. The molecule has 0 aliphatic heterocycles. The molecule has 2 aliphatic carbocycles. The van der Waals surface area contributed by atoms with Gasteiger partial charge in [0, 0.05) is 0 Å². The summed E-state index contributed by atoms with van der Waals surface area (Å²) in [6.07, 6.45) is 6.22. The van der Waals surface area contributed by atoms with Crippen molar-refractivity contribution in [1.29, 1.82) is 0 Å². The van der Waals surface area contributed by atoms with E-state index in [1.54, 1.807) is 0 Å². The van der Waals surface area contributed by atoms with Crippen LogP contribution in [0.15, 0.2) is 0 Å². The lowest BCUT2D eigenvalue weighted by Gasteiger charge is -2.23. The lowest BCUT2D eigenvalue weighted by Crippen LogP contribution is -2.22. The van der Waals surface area contributed by atoms with Gasteiger partial charge in [-0.3, -0.25) is 0 Å². The Hall–Kier alpha value is 0.110. The highest BCUT2D eigenvalue weighted by atomic mass is 32.2. The minimum absolute atomic E-state index is 0.282. The molecule has 64 valence electrons. The van der Waals surface area contributed by atoms with Gasteiger partial charge in [-0.2, -0.15) is 0 Å². The molecule has 1 unspecified atom stereocenters. The fraction of sp³-hybridized carbons (Fsp3) is 1.00. The van der Waals surface area contributed by atoms with Gasteiger partial charge in [-0.05, 0) is 43.4 Å². The second-order valence-corrected chi connectivity index (χ2v) is 5.04. The van der Waals surface area contributed by atoms with Crippen LogP contribution < -0.4 is 0 Å². The van der Waals surface area contributed by atoms with Crippen molar-refractivity contribution < 1.29 is 8.76 Å². The van der Waals surface area contributed by atoms with Gasteiger partial charge in [0.25, 0.3) is 0 Å². The quantitative estimate of drug-likeness (QED) is 0.648. The Morgan fingerprint density at radius 1 is 1.45 bits per heavy atom. The first-order valence-corrected chi connectivity index (χ1v) is 5.55. The molecule has 3 heteroatoms. The van der Waals surface area contributed by atoms with Crippen LogP contribution in [0.4, 0.5) is 0 Å². The summed E-state index contributed by atoms with van der Waals surface area (Å²) in [6, 6.07) is 0. The third-order valence-corrected chi connectivity index (χ3v) is 4.18. The molecule has 2 bridgehead atoms. The zero-order chi connectivity index (χ0) is 7.90. The Bertz CT molecular complexity index is 183. The maximum atomic E-state index is 10.6. The van der Waals surface area contributed by atoms with E-state index in [-0.39, 0.29) is 5.41 Å². The first-order chi connectivity index (χ1) is 5.20. The molecule has 0 amide bonds. The molecule has 0 saturated heterocycles. The Kier molecular flexibility index (Phi) is 1.80. The minimum Gasteiger partial charge on any atom is -0.306 e. The van der Waals surface area contributed by atoms with Gasteiger partial charge < -0.3 is 4.55 Å². The van der Waals surface area contributed by atoms with Crippen LogP contribution in [0.1, 0.15) is 32.1 Å². The predicted molar refractivity (Wildman–Crippen MR) is 44.6 cm³/mol. The zero-order valence-corrected chi connectivity index (χ0v) is 7.40. The van der Waals surface area contributed by atoms with Crippen LogP contribution in [0.5, 0.6) is 0 Å². The lowest BCUT2D eigenvalue weighted by molar-refractivity contribution is 0.332. The number of hydrogen-bond acceptors (Lipinski definition) is 1. The number of hydrogen-bond donors (Lipinski definition) is 1. The molecule has 2 fully saturated rings. The summed E-state index contributed by atoms with van der Waals surface area (Å²) in [6.45, 7) is 0. The summed E-state index contributed by atoms with van der Waals surface area (Å²) in [4.78, 5) is 0. The van der Waals surface area contributed by atoms with Crippen molar-refractivity contribution in [2.75, 3.05) is 5.75 Å². The Morgan fingerprint density at radius 2 is 2.09 bits per heavy atom. The van der Waals surface area contributed by atoms with E-state index in [4.69, 9.17) is 4.55 Å². The van der Waals surface area contributed by atoms with Gasteiger partial charge in [0.05, 0.1) is 5.75 Å². The average molecular weight is 174 g/mol.